The van der Waals surface area contributed by atoms with Gasteiger partial charge in [0.15, 0.2) is 0 Å². The second-order valence-corrected chi connectivity index (χ2v) is 14.1. The molecule has 3 aliphatic rings. The van der Waals surface area contributed by atoms with E-state index in [4.69, 9.17) is 0 Å². The Morgan fingerprint density at radius 2 is 0.812 bits per heavy atom. The SMILES string of the molecule is BC1CCC(C(C(C)C)C(C2CCC(C)CC2)C(C)C(C(C)C)C2CCC(C)CC2)CC1. The monoisotopic (exact) mass is 442 g/mol. The van der Waals surface area contributed by atoms with Crippen LogP contribution in [0.1, 0.15) is 126 Å². The molecule has 0 spiro atoms. The quantitative estimate of drug-likeness (QED) is 0.329. The molecule has 32 heavy (non-hydrogen) atoms. The fraction of sp³-hybridized carbons (Fsp3) is 1.00. The fourth-order valence-corrected chi connectivity index (χ4v) is 9.25. The highest BCUT2D eigenvalue weighted by molar-refractivity contribution is 6.11. The molecule has 4 atom stereocenters. The topological polar surface area (TPSA) is 0 Å². The zero-order chi connectivity index (χ0) is 23.4. The molecule has 186 valence electrons. The Hall–Kier alpha value is 0.0649. The Morgan fingerprint density at radius 3 is 1.22 bits per heavy atom. The molecule has 0 N–H and O–H groups in total. The first kappa shape index (κ1) is 26.7. The first-order chi connectivity index (χ1) is 15.2. The van der Waals surface area contributed by atoms with Crippen LogP contribution in [0.2, 0.25) is 5.82 Å². The standard InChI is InChI=1S/C31H59B/c1-20(2)29(25-12-8-22(5)9-13-25)24(7)31(27-14-10-23(6)11-15-27)30(21(3)4)26-16-18-28(32)19-17-26/h20-31H,8-19,32H2,1-7H3. The Labute approximate surface area is 204 Å². The minimum Gasteiger partial charge on any atom is -0.0697 e. The maximum atomic E-state index is 2.76. The molecule has 4 unspecified atom stereocenters. The molecule has 0 radical (unpaired) electrons. The molecule has 0 aromatic heterocycles. The lowest BCUT2D eigenvalue weighted by molar-refractivity contribution is -0.0170. The third kappa shape index (κ3) is 6.59. The highest BCUT2D eigenvalue weighted by Crippen LogP contribution is 2.53. The molecule has 0 aromatic carbocycles. The van der Waals surface area contributed by atoms with Crippen molar-refractivity contribution >= 4 is 7.85 Å². The summed E-state index contributed by atoms with van der Waals surface area (Å²) >= 11 is 0. The summed E-state index contributed by atoms with van der Waals surface area (Å²) in [6.45, 7) is 18.1. The predicted octanol–water partition coefficient (Wildman–Crippen LogP) is 9.05. The van der Waals surface area contributed by atoms with Crippen LogP contribution in [0.3, 0.4) is 0 Å². The van der Waals surface area contributed by atoms with Gasteiger partial charge in [-0.1, -0.05) is 106 Å². The van der Waals surface area contributed by atoms with Crippen LogP contribution in [0, 0.1) is 65.1 Å². The van der Waals surface area contributed by atoms with Gasteiger partial charge in [0.25, 0.3) is 0 Å². The van der Waals surface area contributed by atoms with Gasteiger partial charge < -0.3 is 0 Å². The zero-order valence-corrected chi connectivity index (χ0v) is 23.4. The van der Waals surface area contributed by atoms with Crippen molar-refractivity contribution in [1.82, 2.24) is 0 Å². The largest absolute Gasteiger partial charge is 0.105 e. The molecule has 0 nitrogen and oxygen atoms in total. The molecule has 3 fully saturated rings. The van der Waals surface area contributed by atoms with Crippen LogP contribution < -0.4 is 0 Å². The van der Waals surface area contributed by atoms with Gasteiger partial charge in [0, 0.05) is 0 Å². The van der Waals surface area contributed by atoms with Crippen molar-refractivity contribution in [3.8, 4) is 0 Å². The molecule has 0 aromatic rings. The molecule has 1 heteroatoms. The smallest absolute Gasteiger partial charge is 0.0697 e. The Bertz CT molecular complexity index is 515. The third-order valence-electron chi connectivity index (χ3n) is 11.0. The molecular weight excluding hydrogens is 383 g/mol. The summed E-state index contributed by atoms with van der Waals surface area (Å²) in [5, 5.41) is 0. The lowest BCUT2D eigenvalue weighted by Crippen LogP contribution is -2.44. The predicted molar refractivity (Wildman–Crippen MR) is 146 cm³/mol. The summed E-state index contributed by atoms with van der Waals surface area (Å²) in [5.41, 5.74) is 0. The van der Waals surface area contributed by atoms with Crippen LogP contribution in [0.4, 0.5) is 0 Å². The van der Waals surface area contributed by atoms with E-state index in [-0.39, 0.29) is 0 Å². The van der Waals surface area contributed by atoms with Gasteiger partial charge in [-0.15, -0.1) is 0 Å². The van der Waals surface area contributed by atoms with Crippen molar-refractivity contribution in [2.75, 3.05) is 0 Å². The van der Waals surface area contributed by atoms with Crippen molar-refractivity contribution in [1.29, 1.82) is 0 Å². The van der Waals surface area contributed by atoms with E-state index in [0.29, 0.717) is 0 Å². The summed E-state index contributed by atoms with van der Waals surface area (Å²) in [6.07, 6.45) is 18.0. The highest BCUT2D eigenvalue weighted by atomic mass is 14.5. The highest BCUT2D eigenvalue weighted by Gasteiger charge is 2.45. The van der Waals surface area contributed by atoms with Crippen molar-refractivity contribution in [2.24, 2.45) is 65.1 Å². The van der Waals surface area contributed by atoms with Crippen molar-refractivity contribution < 1.29 is 0 Å². The van der Waals surface area contributed by atoms with Gasteiger partial charge in [0.05, 0.1) is 0 Å². The molecule has 3 aliphatic carbocycles. The van der Waals surface area contributed by atoms with Gasteiger partial charge in [0.2, 0.25) is 0 Å². The first-order valence-electron chi connectivity index (χ1n) is 15.2. The number of hydrogen-bond donors (Lipinski definition) is 0. The third-order valence-corrected chi connectivity index (χ3v) is 11.0. The van der Waals surface area contributed by atoms with Gasteiger partial charge in [-0.25, -0.2) is 0 Å². The molecular formula is C31H59B. The van der Waals surface area contributed by atoms with Crippen LogP contribution >= 0.6 is 0 Å². The molecule has 3 rings (SSSR count). The molecule has 0 bridgehead atoms. The summed E-state index contributed by atoms with van der Waals surface area (Å²) in [5.74, 6) is 11.3. The average molecular weight is 443 g/mol. The van der Waals surface area contributed by atoms with Crippen molar-refractivity contribution in [2.45, 2.75) is 131 Å². The van der Waals surface area contributed by atoms with Crippen molar-refractivity contribution in [3.05, 3.63) is 0 Å². The van der Waals surface area contributed by atoms with Gasteiger partial charge in [-0.05, 0) is 90.8 Å². The zero-order valence-electron chi connectivity index (χ0n) is 23.4. The van der Waals surface area contributed by atoms with E-state index in [0.717, 1.165) is 70.9 Å². The number of hydrogen-bond acceptors (Lipinski definition) is 0. The normalized spacial score (nSPS) is 38.4. The maximum absolute atomic E-state index is 2.76. The maximum Gasteiger partial charge on any atom is 0.105 e. The minimum absolute atomic E-state index is 0.840. The van der Waals surface area contributed by atoms with Crippen LogP contribution in [0.25, 0.3) is 0 Å². The second-order valence-electron chi connectivity index (χ2n) is 14.1. The Kier molecular flexibility index (Phi) is 10.1. The van der Waals surface area contributed by atoms with E-state index in [2.05, 4.69) is 56.3 Å². The van der Waals surface area contributed by atoms with E-state index < -0.39 is 0 Å². The summed E-state index contributed by atoms with van der Waals surface area (Å²) in [4.78, 5) is 0. The minimum atomic E-state index is 0.840. The van der Waals surface area contributed by atoms with Crippen LogP contribution in [0.5, 0.6) is 0 Å². The summed E-state index contributed by atoms with van der Waals surface area (Å²) in [7, 11) is 2.50. The molecule has 0 saturated heterocycles. The summed E-state index contributed by atoms with van der Waals surface area (Å²) < 4.78 is 0. The molecule has 0 amide bonds. The van der Waals surface area contributed by atoms with Gasteiger partial charge in [0.1, 0.15) is 7.85 Å². The van der Waals surface area contributed by atoms with Gasteiger partial charge in [-0.2, -0.15) is 0 Å². The fourth-order valence-electron chi connectivity index (χ4n) is 9.25. The molecule has 3 saturated carbocycles. The Morgan fingerprint density at radius 1 is 0.469 bits per heavy atom. The van der Waals surface area contributed by atoms with E-state index >= 15 is 0 Å². The van der Waals surface area contributed by atoms with Crippen LogP contribution in [-0.4, -0.2) is 7.85 Å². The van der Waals surface area contributed by atoms with Gasteiger partial charge in [-0.3, -0.25) is 0 Å². The number of rotatable bonds is 8. The van der Waals surface area contributed by atoms with E-state index in [1.807, 2.05) is 0 Å². The van der Waals surface area contributed by atoms with E-state index in [1.165, 1.54) is 77.0 Å². The van der Waals surface area contributed by atoms with Crippen molar-refractivity contribution in [3.63, 3.8) is 0 Å². The second kappa shape index (κ2) is 12.2. The summed E-state index contributed by atoms with van der Waals surface area (Å²) in [6, 6.07) is 0. The molecule has 0 aliphatic heterocycles. The molecule has 0 heterocycles. The average Bonchev–Trinajstić information content (AvgIpc) is 2.74. The van der Waals surface area contributed by atoms with Gasteiger partial charge >= 0.3 is 0 Å². The lowest BCUT2D eigenvalue weighted by Gasteiger charge is -2.51. The lowest BCUT2D eigenvalue weighted by atomic mass is 9.54. The van der Waals surface area contributed by atoms with Crippen LogP contribution in [-0.2, 0) is 0 Å². The van der Waals surface area contributed by atoms with Crippen LogP contribution in [0.15, 0.2) is 0 Å². The van der Waals surface area contributed by atoms with E-state index in [1.54, 1.807) is 0 Å². The Balaban J connectivity index is 1.89. The van der Waals surface area contributed by atoms with E-state index in [9.17, 15) is 0 Å². The first-order valence-corrected chi connectivity index (χ1v) is 15.2.